The zero-order valence-electron chi connectivity index (χ0n) is 18.3. The Kier molecular flexibility index (Phi) is 9.79. The third-order valence-electron chi connectivity index (χ3n) is 4.75. The highest BCUT2D eigenvalue weighted by Gasteiger charge is 2.40. The molecule has 31 heavy (non-hydrogen) atoms. The smallest absolute Gasteiger partial charge is 0.303 e. The van der Waals surface area contributed by atoms with E-state index in [1.54, 1.807) is 0 Å². The fourth-order valence-electron chi connectivity index (χ4n) is 2.89. The summed E-state index contributed by atoms with van der Waals surface area (Å²) in [5.74, 6) is -1.82. The molecule has 0 bridgehead atoms. The molecule has 0 saturated carbocycles. The molecule has 6 nitrogen and oxygen atoms in total. The van der Waals surface area contributed by atoms with Gasteiger partial charge in [0, 0.05) is 23.9 Å². The Morgan fingerprint density at radius 2 is 1.65 bits per heavy atom. The predicted octanol–water partition coefficient (Wildman–Crippen LogP) is 4.97. The molecule has 0 heterocycles. The summed E-state index contributed by atoms with van der Waals surface area (Å²) >= 11 is -1.52. The fraction of sp³-hybridized carbons (Fsp3) is 0.435. The second kappa shape index (κ2) is 11.8. The minimum absolute atomic E-state index is 0.0675. The van der Waals surface area contributed by atoms with E-state index in [9.17, 15) is 19.0 Å². The van der Waals surface area contributed by atoms with Crippen LogP contribution < -0.4 is 4.72 Å². The quantitative estimate of drug-likeness (QED) is 0.339. The van der Waals surface area contributed by atoms with E-state index in [0.29, 0.717) is 6.42 Å². The first-order chi connectivity index (χ1) is 14.6. The second-order valence-electron chi connectivity index (χ2n) is 8.39. The molecule has 0 fully saturated rings. The monoisotopic (exact) mass is 465 g/mol. The molecule has 2 N–H and O–H groups in total. The van der Waals surface area contributed by atoms with Crippen LogP contribution in [0.15, 0.2) is 60.7 Å². The summed E-state index contributed by atoms with van der Waals surface area (Å²) < 4.78 is 35.3. The van der Waals surface area contributed by atoms with Crippen molar-refractivity contribution in [3.05, 3.63) is 71.8 Å². The number of carboxylic acid groups (broad SMARTS) is 1. The SMILES string of the molecule is CC(C)(C)[S@+]([O-])NC(CCC(=O)O)P(=O)(CCc1ccccc1)OCc1ccccc1. The fourth-order valence-corrected chi connectivity index (χ4v) is 6.62. The molecule has 0 amide bonds. The molecule has 0 aliphatic rings. The van der Waals surface area contributed by atoms with Crippen molar-refractivity contribution in [1.82, 2.24) is 4.72 Å². The van der Waals surface area contributed by atoms with Crippen LogP contribution in [0.4, 0.5) is 0 Å². The van der Waals surface area contributed by atoms with Crippen molar-refractivity contribution in [2.24, 2.45) is 0 Å². The van der Waals surface area contributed by atoms with Gasteiger partial charge in [-0.15, -0.1) is 4.72 Å². The van der Waals surface area contributed by atoms with Crippen molar-refractivity contribution in [2.75, 3.05) is 6.16 Å². The first-order valence-corrected chi connectivity index (χ1v) is 13.3. The minimum atomic E-state index is -3.41. The molecule has 0 spiro atoms. The maximum Gasteiger partial charge on any atom is 0.303 e. The number of aliphatic carboxylic acids is 1. The van der Waals surface area contributed by atoms with Gasteiger partial charge in [0.15, 0.2) is 0 Å². The van der Waals surface area contributed by atoms with E-state index in [1.165, 1.54) is 0 Å². The van der Waals surface area contributed by atoms with Crippen molar-refractivity contribution in [1.29, 1.82) is 0 Å². The summed E-state index contributed by atoms with van der Waals surface area (Å²) in [7, 11) is -3.41. The average Bonchev–Trinajstić information content (AvgIpc) is 2.74. The molecule has 2 unspecified atom stereocenters. The predicted molar refractivity (Wildman–Crippen MR) is 126 cm³/mol. The molecule has 0 aromatic heterocycles. The summed E-state index contributed by atoms with van der Waals surface area (Å²) in [6, 6.07) is 19.1. The first kappa shape index (κ1) is 25.6. The number of carbonyl (C=O) groups is 1. The summed E-state index contributed by atoms with van der Waals surface area (Å²) in [6.45, 7) is 5.57. The lowest BCUT2D eigenvalue weighted by atomic mass is 10.2. The third kappa shape index (κ3) is 8.79. The van der Waals surface area contributed by atoms with Crippen LogP contribution >= 0.6 is 7.37 Å². The van der Waals surface area contributed by atoms with Gasteiger partial charge in [-0.1, -0.05) is 60.7 Å². The Morgan fingerprint density at radius 3 is 2.16 bits per heavy atom. The minimum Gasteiger partial charge on any atom is -0.598 e. The Balaban J connectivity index is 2.27. The van der Waals surface area contributed by atoms with Crippen molar-refractivity contribution in [3.8, 4) is 0 Å². The summed E-state index contributed by atoms with van der Waals surface area (Å²) in [6.07, 6.45) is 0.615. The van der Waals surface area contributed by atoms with E-state index in [-0.39, 0.29) is 25.6 Å². The van der Waals surface area contributed by atoms with Crippen LogP contribution in [0.1, 0.15) is 44.7 Å². The van der Waals surface area contributed by atoms with Crippen LogP contribution in [-0.4, -0.2) is 32.3 Å². The highest BCUT2D eigenvalue weighted by atomic mass is 32.2. The molecule has 170 valence electrons. The van der Waals surface area contributed by atoms with Crippen LogP contribution in [0.2, 0.25) is 0 Å². The van der Waals surface area contributed by atoms with Crippen LogP contribution in [0.25, 0.3) is 0 Å². The second-order valence-corrected chi connectivity index (χ2v) is 13.2. The van der Waals surface area contributed by atoms with Gasteiger partial charge in [0.1, 0.15) is 10.5 Å². The number of hydrogen-bond acceptors (Lipinski definition) is 5. The van der Waals surface area contributed by atoms with Crippen molar-refractivity contribution < 1.29 is 23.5 Å². The van der Waals surface area contributed by atoms with Gasteiger partial charge in [-0.2, -0.15) is 0 Å². The standard InChI is InChI=1S/C23H32NO5PS/c1-23(2,3)31(28)24-21(14-15-22(25)26)30(27,17-16-19-10-6-4-7-11-19)29-18-20-12-8-5-9-13-20/h4-13,21,24H,14-18H2,1-3H3,(H,25,26)/t21?,30?,31-/m0/s1. The van der Waals surface area contributed by atoms with Gasteiger partial charge < -0.3 is 14.2 Å². The zero-order chi connectivity index (χ0) is 22.9. The van der Waals surface area contributed by atoms with Gasteiger partial charge in [-0.05, 0) is 44.7 Å². The number of aryl methyl sites for hydroxylation is 1. The van der Waals surface area contributed by atoms with E-state index in [2.05, 4.69) is 4.72 Å². The highest BCUT2D eigenvalue weighted by molar-refractivity contribution is 7.91. The maximum absolute atomic E-state index is 14.1. The lowest BCUT2D eigenvalue weighted by molar-refractivity contribution is -0.137. The molecule has 2 aromatic rings. The van der Waals surface area contributed by atoms with E-state index in [4.69, 9.17) is 4.52 Å². The molecule has 0 aliphatic heterocycles. The highest BCUT2D eigenvalue weighted by Crippen LogP contribution is 2.54. The maximum atomic E-state index is 14.1. The zero-order valence-corrected chi connectivity index (χ0v) is 20.0. The molecule has 3 atom stereocenters. The van der Waals surface area contributed by atoms with Gasteiger partial charge >= 0.3 is 5.97 Å². The summed E-state index contributed by atoms with van der Waals surface area (Å²) in [5, 5.41) is 9.20. The van der Waals surface area contributed by atoms with Crippen LogP contribution in [0.5, 0.6) is 0 Å². The molecule has 8 heteroatoms. The van der Waals surface area contributed by atoms with Gasteiger partial charge in [-0.25, -0.2) is 0 Å². The molecule has 0 saturated heterocycles. The normalized spacial score (nSPS) is 15.7. The van der Waals surface area contributed by atoms with Crippen molar-refractivity contribution in [2.45, 2.75) is 57.2 Å². The lowest BCUT2D eigenvalue weighted by Gasteiger charge is -2.32. The van der Waals surface area contributed by atoms with Crippen LogP contribution in [-0.2, 0) is 38.3 Å². The van der Waals surface area contributed by atoms with E-state index in [0.717, 1.165) is 11.1 Å². The number of carboxylic acids is 1. The Bertz CT molecular complexity index is 810. The van der Waals surface area contributed by atoms with Gasteiger partial charge in [0.2, 0.25) is 7.37 Å². The topological polar surface area (TPSA) is 98.7 Å². The van der Waals surface area contributed by atoms with E-state index >= 15 is 0 Å². The van der Waals surface area contributed by atoms with Gasteiger partial charge in [0.05, 0.1) is 6.61 Å². The van der Waals surface area contributed by atoms with Crippen LogP contribution in [0.3, 0.4) is 0 Å². The van der Waals surface area contributed by atoms with Crippen molar-refractivity contribution >= 4 is 24.7 Å². The van der Waals surface area contributed by atoms with Crippen molar-refractivity contribution in [3.63, 3.8) is 0 Å². The van der Waals surface area contributed by atoms with Crippen LogP contribution in [0, 0.1) is 0 Å². The molecular weight excluding hydrogens is 433 g/mol. The largest absolute Gasteiger partial charge is 0.598 e. The van der Waals surface area contributed by atoms with Gasteiger partial charge in [0.25, 0.3) is 0 Å². The van der Waals surface area contributed by atoms with E-state index in [1.807, 2.05) is 81.4 Å². The Labute approximate surface area is 188 Å². The Hall–Kier alpha value is -1.63. The Morgan fingerprint density at radius 1 is 1.10 bits per heavy atom. The van der Waals surface area contributed by atoms with E-state index < -0.39 is 35.2 Å². The number of rotatable bonds is 12. The van der Waals surface area contributed by atoms with Gasteiger partial charge in [-0.3, -0.25) is 9.36 Å². The molecule has 0 radical (unpaired) electrons. The third-order valence-corrected chi connectivity index (χ3v) is 9.29. The number of benzene rings is 2. The summed E-state index contributed by atoms with van der Waals surface area (Å²) in [4.78, 5) is 11.2. The average molecular weight is 466 g/mol. The number of nitrogens with one attached hydrogen (secondary N) is 1. The molecule has 2 aromatic carbocycles. The lowest BCUT2D eigenvalue weighted by Crippen LogP contribution is -2.45. The number of hydrogen-bond donors (Lipinski definition) is 2. The molecular formula is C23H32NO5PS. The summed E-state index contributed by atoms with van der Waals surface area (Å²) in [5.41, 5.74) is 1.89. The first-order valence-electron chi connectivity index (χ1n) is 10.3. The molecule has 0 aliphatic carbocycles. The molecule has 2 rings (SSSR count).